The van der Waals surface area contributed by atoms with Crippen molar-refractivity contribution in [2.24, 2.45) is 0 Å². The van der Waals surface area contributed by atoms with Crippen molar-refractivity contribution in [1.29, 1.82) is 0 Å². The van der Waals surface area contributed by atoms with Crippen molar-refractivity contribution in [2.45, 2.75) is 20.4 Å². The maximum absolute atomic E-state index is 13.1. The fraction of sp³-hybridized carbons (Fsp3) is 0.190. The van der Waals surface area contributed by atoms with Crippen molar-refractivity contribution >= 4 is 11.6 Å². The van der Waals surface area contributed by atoms with Crippen LogP contribution in [-0.4, -0.2) is 22.2 Å². The monoisotopic (exact) mass is 365 g/mol. The molecule has 0 spiro atoms. The van der Waals surface area contributed by atoms with Gasteiger partial charge in [-0.2, -0.15) is 5.10 Å². The van der Waals surface area contributed by atoms with Crippen molar-refractivity contribution < 1.29 is 9.18 Å². The topological polar surface area (TPSA) is 55.2 Å². The number of anilines is 1. The Morgan fingerprint density at radius 3 is 2.44 bits per heavy atom. The minimum atomic E-state index is -0.366. The van der Waals surface area contributed by atoms with Gasteiger partial charge >= 0.3 is 0 Å². The van der Waals surface area contributed by atoms with Gasteiger partial charge < -0.3 is 4.90 Å². The number of likely N-dealkylation sites (N-methyl/N-ethyl adjacent to an activating group) is 1. The summed E-state index contributed by atoms with van der Waals surface area (Å²) < 4.78 is 14.3. The summed E-state index contributed by atoms with van der Waals surface area (Å²) in [5.74, 6) is -0.572. The van der Waals surface area contributed by atoms with Crippen molar-refractivity contribution in [3.8, 4) is 11.3 Å². The summed E-state index contributed by atoms with van der Waals surface area (Å²) in [6, 6.07) is 16.3. The van der Waals surface area contributed by atoms with E-state index in [2.05, 4.69) is 5.10 Å². The molecule has 1 amide bonds. The fourth-order valence-electron chi connectivity index (χ4n) is 2.90. The van der Waals surface area contributed by atoms with E-state index in [0.29, 0.717) is 17.8 Å². The number of halogens is 1. The summed E-state index contributed by atoms with van der Waals surface area (Å²) in [7, 11) is 0. The van der Waals surface area contributed by atoms with Crippen molar-refractivity contribution in [2.75, 3.05) is 11.4 Å². The van der Waals surface area contributed by atoms with Crippen LogP contribution < -0.4 is 10.5 Å². The molecule has 3 aromatic rings. The lowest BCUT2D eigenvalue weighted by atomic mass is 10.1. The smallest absolute Gasteiger partial charge is 0.267 e. The number of aromatic nitrogens is 2. The first-order valence-electron chi connectivity index (χ1n) is 8.69. The number of para-hydroxylation sites is 1. The summed E-state index contributed by atoms with van der Waals surface area (Å²) in [6.45, 7) is 4.13. The van der Waals surface area contributed by atoms with E-state index in [4.69, 9.17) is 0 Å². The molecule has 0 bridgehead atoms. The number of amides is 1. The van der Waals surface area contributed by atoms with Crippen LogP contribution in [-0.2, 0) is 11.3 Å². The molecule has 0 atom stereocenters. The summed E-state index contributed by atoms with van der Waals surface area (Å²) in [6.07, 6.45) is 0. The molecule has 2 aromatic carbocycles. The maximum Gasteiger partial charge on any atom is 0.267 e. The molecular weight excluding hydrogens is 345 g/mol. The van der Waals surface area contributed by atoms with Crippen molar-refractivity contribution in [1.82, 2.24) is 9.78 Å². The van der Waals surface area contributed by atoms with Crippen LogP contribution in [0.4, 0.5) is 10.1 Å². The molecule has 6 heteroatoms. The van der Waals surface area contributed by atoms with Crippen LogP contribution in [0.2, 0.25) is 0 Å². The second-order valence-electron chi connectivity index (χ2n) is 6.15. The summed E-state index contributed by atoms with van der Waals surface area (Å²) in [5, 5.41) is 4.28. The Kier molecular flexibility index (Phi) is 5.45. The minimum absolute atomic E-state index is 0.171. The van der Waals surface area contributed by atoms with Gasteiger partial charge in [0, 0.05) is 23.9 Å². The lowest BCUT2D eigenvalue weighted by Crippen LogP contribution is -2.37. The molecule has 27 heavy (non-hydrogen) atoms. The molecule has 1 aromatic heterocycles. The molecule has 0 fully saturated rings. The highest BCUT2D eigenvalue weighted by atomic mass is 19.1. The van der Waals surface area contributed by atoms with Crippen LogP contribution >= 0.6 is 0 Å². The highest BCUT2D eigenvalue weighted by Gasteiger charge is 2.17. The van der Waals surface area contributed by atoms with Gasteiger partial charge in [-0.3, -0.25) is 9.59 Å². The number of nitrogens with zero attached hydrogens (tertiary/aromatic N) is 3. The lowest BCUT2D eigenvalue weighted by Gasteiger charge is -2.23. The van der Waals surface area contributed by atoms with Gasteiger partial charge in [0.25, 0.3) is 5.56 Å². The molecule has 1 heterocycles. The summed E-state index contributed by atoms with van der Waals surface area (Å²) in [4.78, 5) is 26.6. The average Bonchev–Trinajstić information content (AvgIpc) is 2.66. The number of aryl methyl sites for hydroxylation is 1. The third-order valence-electron chi connectivity index (χ3n) is 4.32. The number of rotatable bonds is 5. The number of benzene rings is 2. The normalized spacial score (nSPS) is 10.6. The molecule has 0 unspecified atom stereocenters. The minimum Gasteiger partial charge on any atom is -0.311 e. The molecule has 0 saturated carbocycles. The predicted octanol–water partition coefficient (Wildman–Crippen LogP) is 3.41. The molecule has 0 aliphatic rings. The second-order valence-corrected chi connectivity index (χ2v) is 6.15. The highest BCUT2D eigenvalue weighted by molar-refractivity contribution is 5.93. The number of hydrogen-bond acceptors (Lipinski definition) is 3. The van der Waals surface area contributed by atoms with Gasteiger partial charge in [0.2, 0.25) is 5.91 Å². The molecule has 0 radical (unpaired) electrons. The average molecular weight is 365 g/mol. The van der Waals surface area contributed by atoms with E-state index >= 15 is 0 Å². The van der Waals surface area contributed by atoms with Crippen LogP contribution in [0.3, 0.4) is 0 Å². The molecular formula is C21H20FN3O2. The van der Waals surface area contributed by atoms with E-state index in [0.717, 1.165) is 15.9 Å². The molecule has 3 rings (SSSR count). The van der Waals surface area contributed by atoms with Gasteiger partial charge in [0.1, 0.15) is 12.4 Å². The molecule has 0 N–H and O–H groups in total. The highest BCUT2D eigenvalue weighted by Crippen LogP contribution is 2.20. The number of hydrogen-bond donors (Lipinski definition) is 0. The molecule has 0 saturated heterocycles. The molecule has 0 aliphatic carbocycles. The van der Waals surface area contributed by atoms with Gasteiger partial charge in [0.15, 0.2) is 0 Å². The van der Waals surface area contributed by atoms with Crippen molar-refractivity contribution in [3.63, 3.8) is 0 Å². The predicted molar refractivity (Wildman–Crippen MR) is 103 cm³/mol. The molecule has 0 aliphatic heterocycles. The van der Waals surface area contributed by atoms with Crippen LogP contribution in [0.5, 0.6) is 0 Å². The lowest BCUT2D eigenvalue weighted by molar-refractivity contribution is -0.119. The third-order valence-corrected chi connectivity index (χ3v) is 4.32. The first-order chi connectivity index (χ1) is 13.0. The number of carbonyl (C=O) groups excluding carboxylic acids is 1. The van der Waals surface area contributed by atoms with E-state index in [1.165, 1.54) is 18.2 Å². The van der Waals surface area contributed by atoms with Gasteiger partial charge in [-0.25, -0.2) is 9.07 Å². The largest absolute Gasteiger partial charge is 0.311 e. The number of carbonyl (C=O) groups is 1. The van der Waals surface area contributed by atoms with Gasteiger partial charge in [-0.15, -0.1) is 0 Å². The van der Waals surface area contributed by atoms with Gasteiger partial charge in [-0.05, 0) is 55.8 Å². The Hall–Kier alpha value is -3.28. The SMILES string of the molecule is CCN(C(=O)Cn1nc(-c2ccc(F)cc2)ccc1=O)c1ccccc1C. The molecule has 138 valence electrons. The third kappa shape index (κ3) is 4.11. The van der Waals surface area contributed by atoms with Crippen molar-refractivity contribution in [3.05, 3.63) is 82.4 Å². The Balaban J connectivity index is 1.89. The second kappa shape index (κ2) is 7.95. The summed E-state index contributed by atoms with van der Waals surface area (Å²) in [5.41, 5.74) is 2.60. The van der Waals surface area contributed by atoms with Crippen LogP contribution in [0, 0.1) is 12.7 Å². The summed E-state index contributed by atoms with van der Waals surface area (Å²) >= 11 is 0. The fourth-order valence-corrected chi connectivity index (χ4v) is 2.90. The van der Waals surface area contributed by atoms with E-state index in [1.54, 1.807) is 23.1 Å². The van der Waals surface area contributed by atoms with Crippen LogP contribution in [0.15, 0.2) is 65.5 Å². The first-order valence-corrected chi connectivity index (χ1v) is 8.69. The van der Waals surface area contributed by atoms with Gasteiger partial charge in [0.05, 0.1) is 5.69 Å². The zero-order chi connectivity index (χ0) is 19.4. The Labute approximate surface area is 156 Å². The van der Waals surface area contributed by atoms with E-state index in [-0.39, 0.29) is 23.8 Å². The first kappa shape index (κ1) is 18.5. The van der Waals surface area contributed by atoms with Gasteiger partial charge in [-0.1, -0.05) is 18.2 Å². The quantitative estimate of drug-likeness (QED) is 0.696. The van der Waals surface area contributed by atoms with Crippen LogP contribution in [0.25, 0.3) is 11.3 Å². The molecule has 5 nitrogen and oxygen atoms in total. The zero-order valence-corrected chi connectivity index (χ0v) is 15.2. The van der Waals surface area contributed by atoms with E-state index in [9.17, 15) is 14.0 Å². The van der Waals surface area contributed by atoms with E-state index < -0.39 is 0 Å². The van der Waals surface area contributed by atoms with E-state index in [1.807, 2.05) is 38.1 Å². The Morgan fingerprint density at radius 1 is 1.07 bits per heavy atom. The van der Waals surface area contributed by atoms with Crippen LogP contribution in [0.1, 0.15) is 12.5 Å². The zero-order valence-electron chi connectivity index (χ0n) is 15.2. The maximum atomic E-state index is 13.1. The Bertz CT molecular complexity index is 1010. The standard InChI is InChI=1S/C21H20FN3O2/c1-3-24(19-7-5-4-6-15(19)2)21(27)14-25-20(26)13-12-18(23-25)16-8-10-17(22)11-9-16/h4-13H,3,14H2,1-2H3. The Morgan fingerprint density at radius 2 is 1.78 bits per heavy atom.